The van der Waals surface area contributed by atoms with Crippen molar-refractivity contribution in [2.75, 3.05) is 20.3 Å². The maximum absolute atomic E-state index is 13.5. The molecule has 0 aromatic heterocycles. The molecule has 0 saturated heterocycles. The Morgan fingerprint density at radius 3 is 2.66 bits per heavy atom. The molecular formula is C27H30FN5O4S. The van der Waals surface area contributed by atoms with E-state index < -0.39 is 11.3 Å². The maximum atomic E-state index is 13.5. The predicted octanol–water partition coefficient (Wildman–Crippen LogP) is 3.16. The molecule has 38 heavy (non-hydrogen) atoms. The summed E-state index contributed by atoms with van der Waals surface area (Å²) in [5.74, 6) is -0.786. The summed E-state index contributed by atoms with van der Waals surface area (Å²) < 4.78 is 18.2. The van der Waals surface area contributed by atoms with E-state index in [2.05, 4.69) is 20.6 Å². The van der Waals surface area contributed by atoms with Gasteiger partial charge in [-0.2, -0.15) is 0 Å². The molecule has 0 bridgehead atoms. The average molecular weight is 540 g/mol. The number of nitrogens with one attached hydrogen (secondary N) is 2. The minimum atomic E-state index is -0.918. The number of hydrogen-bond donors (Lipinski definition) is 2. The topological polar surface area (TPSA) is 112 Å². The van der Waals surface area contributed by atoms with Gasteiger partial charge in [-0.1, -0.05) is 43.0 Å². The Morgan fingerprint density at radius 2 is 1.92 bits per heavy atom. The number of amidine groups is 2. The van der Waals surface area contributed by atoms with Crippen molar-refractivity contribution in [3.05, 3.63) is 65.5 Å². The van der Waals surface area contributed by atoms with Crippen LogP contribution in [0, 0.1) is 5.82 Å². The van der Waals surface area contributed by atoms with E-state index in [0.29, 0.717) is 48.2 Å². The van der Waals surface area contributed by atoms with E-state index in [1.807, 2.05) is 31.2 Å². The van der Waals surface area contributed by atoms with Gasteiger partial charge in [-0.25, -0.2) is 14.3 Å². The Labute approximate surface area is 224 Å². The highest BCUT2D eigenvalue weighted by atomic mass is 32.2. The number of amides is 3. The lowest BCUT2D eigenvalue weighted by atomic mass is 10.1. The average Bonchev–Trinajstić information content (AvgIpc) is 3.25. The van der Waals surface area contributed by atoms with Crippen molar-refractivity contribution in [1.82, 2.24) is 15.5 Å². The number of para-hydroxylation sites is 1. The first-order valence-corrected chi connectivity index (χ1v) is 13.3. The van der Waals surface area contributed by atoms with E-state index in [1.165, 1.54) is 28.8 Å². The van der Waals surface area contributed by atoms with Gasteiger partial charge in [0.15, 0.2) is 5.17 Å². The molecule has 0 radical (unpaired) electrons. The van der Waals surface area contributed by atoms with Crippen molar-refractivity contribution < 1.29 is 23.5 Å². The van der Waals surface area contributed by atoms with Gasteiger partial charge in [0.25, 0.3) is 5.91 Å². The Kier molecular flexibility index (Phi) is 9.24. The summed E-state index contributed by atoms with van der Waals surface area (Å²) in [7, 11) is 1.61. The van der Waals surface area contributed by atoms with E-state index in [-0.39, 0.29) is 36.5 Å². The molecule has 0 spiro atoms. The zero-order valence-electron chi connectivity index (χ0n) is 21.3. The molecule has 2 N–H and O–H groups in total. The van der Waals surface area contributed by atoms with Crippen LogP contribution in [0.1, 0.15) is 37.3 Å². The molecule has 4 rings (SSSR count). The molecule has 9 nitrogen and oxygen atoms in total. The standard InChI is InChI=1S/C27H30FN5O4S/c1-3-22(25(35)29-13-6-14-37-2)38-27-32-20-8-5-4-7-19(20)24-31-21(26(36)33(24)27)15-23(34)30-16-17-9-11-18(28)12-10-17/h4-5,7-12,21-22H,3,6,13-16H2,1-2H3,(H,29,35)(H,30,34)/t21-,22+/m0/s1. The number of ether oxygens (including phenoxy) is 1. The second kappa shape index (κ2) is 12.8. The third kappa shape index (κ3) is 6.46. The lowest BCUT2D eigenvalue weighted by Gasteiger charge is -2.27. The van der Waals surface area contributed by atoms with Crippen LogP contribution in [0.5, 0.6) is 0 Å². The van der Waals surface area contributed by atoms with Gasteiger partial charge in [-0.05, 0) is 42.7 Å². The van der Waals surface area contributed by atoms with Crippen molar-refractivity contribution in [1.29, 1.82) is 0 Å². The Morgan fingerprint density at radius 1 is 1.16 bits per heavy atom. The summed E-state index contributed by atoms with van der Waals surface area (Å²) >= 11 is 1.21. The van der Waals surface area contributed by atoms with Gasteiger partial charge < -0.3 is 15.4 Å². The summed E-state index contributed by atoms with van der Waals surface area (Å²) in [6, 6.07) is 12.2. The van der Waals surface area contributed by atoms with E-state index in [1.54, 1.807) is 19.2 Å². The zero-order valence-corrected chi connectivity index (χ0v) is 22.1. The minimum absolute atomic E-state index is 0.142. The van der Waals surface area contributed by atoms with Crippen LogP contribution in [0.15, 0.2) is 58.5 Å². The molecule has 2 aromatic carbocycles. The molecule has 200 valence electrons. The Bertz CT molecular complexity index is 1250. The van der Waals surface area contributed by atoms with Crippen LogP contribution in [0.25, 0.3) is 0 Å². The predicted molar refractivity (Wildman–Crippen MR) is 145 cm³/mol. The number of hydrogen-bond acceptors (Lipinski definition) is 7. The fourth-order valence-electron chi connectivity index (χ4n) is 4.06. The van der Waals surface area contributed by atoms with Crippen molar-refractivity contribution in [3.63, 3.8) is 0 Å². The number of halogens is 1. The third-order valence-corrected chi connectivity index (χ3v) is 7.38. The SMILES string of the molecule is CC[C@@H](SC1=Nc2ccccc2C2=N[C@@H](CC(=O)NCc3ccc(F)cc3)C(=O)N12)C(=O)NCCCOC. The monoisotopic (exact) mass is 539 g/mol. The first-order chi connectivity index (χ1) is 18.4. The Balaban J connectivity index is 1.47. The second-order valence-corrected chi connectivity index (χ2v) is 9.98. The highest BCUT2D eigenvalue weighted by Gasteiger charge is 2.43. The van der Waals surface area contributed by atoms with Crippen LogP contribution in [0.2, 0.25) is 0 Å². The normalized spacial score (nSPS) is 16.8. The molecular weight excluding hydrogens is 509 g/mol. The molecule has 0 saturated carbocycles. The van der Waals surface area contributed by atoms with Gasteiger partial charge in [0.05, 0.1) is 17.4 Å². The largest absolute Gasteiger partial charge is 0.385 e. The highest BCUT2D eigenvalue weighted by Crippen LogP contribution is 2.35. The molecule has 2 atom stereocenters. The molecule has 2 heterocycles. The van der Waals surface area contributed by atoms with Crippen LogP contribution in [-0.4, -0.2) is 65.2 Å². The molecule has 2 aromatic rings. The molecule has 11 heteroatoms. The smallest absolute Gasteiger partial charge is 0.259 e. The summed E-state index contributed by atoms with van der Waals surface area (Å²) in [5, 5.41) is 5.57. The highest BCUT2D eigenvalue weighted by molar-refractivity contribution is 8.15. The lowest BCUT2D eigenvalue weighted by Crippen LogP contribution is -2.44. The van der Waals surface area contributed by atoms with Gasteiger partial charge in [0.1, 0.15) is 17.7 Å². The zero-order chi connectivity index (χ0) is 27.1. The molecule has 2 aliphatic heterocycles. The van der Waals surface area contributed by atoms with Crippen LogP contribution >= 0.6 is 11.8 Å². The number of carbonyl (C=O) groups is 3. The number of aliphatic imine (C=N–C) groups is 2. The summed E-state index contributed by atoms with van der Waals surface area (Å²) in [6.45, 7) is 3.15. The summed E-state index contributed by atoms with van der Waals surface area (Å²) in [4.78, 5) is 49.7. The van der Waals surface area contributed by atoms with Gasteiger partial charge in [-0.15, -0.1) is 0 Å². The van der Waals surface area contributed by atoms with E-state index >= 15 is 0 Å². The lowest BCUT2D eigenvalue weighted by molar-refractivity contribution is -0.128. The molecule has 3 amide bonds. The number of rotatable bonds is 11. The molecule has 0 unspecified atom stereocenters. The number of benzene rings is 2. The first-order valence-electron chi connectivity index (χ1n) is 12.5. The fraction of sp³-hybridized carbons (Fsp3) is 0.370. The van der Waals surface area contributed by atoms with Crippen molar-refractivity contribution in [2.45, 2.75) is 44.0 Å². The van der Waals surface area contributed by atoms with Gasteiger partial charge in [0, 0.05) is 32.4 Å². The number of methoxy groups -OCH3 is 1. The van der Waals surface area contributed by atoms with Gasteiger partial charge in [-0.3, -0.25) is 19.4 Å². The second-order valence-electron chi connectivity index (χ2n) is 8.81. The minimum Gasteiger partial charge on any atom is -0.385 e. The van der Waals surface area contributed by atoms with E-state index in [9.17, 15) is 18.8 Å². The maximum Gasteiger partial charge on any atom is 0.259 e. The molecule has 0 fully saturated rings. The van der Waals surface area contributed by atoms with Crippen LogP contribution < -0.4 is 10.6 Å². The van der Waals surface area contributed by atoms with E-state index in [4.69, 9.17) is 4.74 Å². The quantitative estimate of drug-likeness (QED) is 0.426. The van der Waals surface area contributed by atoms with Crippen LogP contribution in [0.4, 0.5) is 10.1 Å². The Hall–Kier alpha value is -3.57. The number of fused-ring (bicyclic) bond motifs is 3. The van der Waals surface area contributed by atoms with Crippen molar-refractivity contribution >= 4 is 46.2 Å². The molecule has 0 aliphatic carbocycles. The summed E-state index contributed by atoms with van der Waals surface area (Å²) in [5.41, 5.74) is 2.08. The summed E-state index contributed by atoms with van der Waals surface area (Å²) in [6.07, 6.45) is 1.09. The van der Waals surface area contributed by atoms with Crippen molar-refractivity contribution in [3.8, 4) is 0 Å². The fourth-order valence-corrected chi connectivity index (χ4v) is 5.10. The number of thioether (sulfide) groups is 1. The number of nitrogens with zero attached hydrogens (tertiary/aromatic N) is 3. The van der Waals surface area contributed by atoms with Crippen LogP contribution in [-0.2, 0) is 25.7 Å². The van der Waals surface area contributed by atoms with Crippen LogP contribution in [0.3, 0.4) is 0 Å². The van der Waals surface area contributed by atoms with Gasteiger partial charge >= 0.3 is 0 Å². The number of carbonyl (C=O) groups excluding carboxylic acids is 3. The van der Waals surface area contributed by atoms with E-state index in [0.717, 1.165) is 5.56 Å². The third-order valence-electron chi connectivity index (χ3n) is 6.06. The first kappa shape index (κ1) is 27.5. The van der Waals surface area contributed by atoms with Crippen molar-refractivity contribution in [2.24, 2.45) is 9.98 Å². The molecule has 2 aliphatic rings. The van der Waals surface area contributed by atoms with Gasteiger partial charge in [0.2, 0.25) is 11.8 Å².